The van der Waals surface area contributed by atoms with E-state index in [4.69, 9.17) is 27.5 Å². The van der Waals surface area contributed by atoms with Gasteiger partial charge in [0.2, 0.25) is 0 Å². The number of methoxy groups -OCH3 is 1. The van der Waals surface area contributed by atoms with E-state index in [0.29, 0.717) is 27.6 Å². The molecule has 6 nitrogen and oxygen atoms in total. The molecule has 2 rings (SSSR count). The summed E-state index contributed by atoms with van der Waals surface area (Å²) in [5, 5.41) is 4.21. The van der Waals surface area contributed by atoms with Crippen molar-refractivity contribution in [3.8, 4) is 23.8 Å². The average Bonchev–Trinajstić information content (AvgIpc) is 2.61. The number of nitrogens with zero attached hydrogens (tertiary/aromatic N) is 2. The zero-order chi connectivity index (χ0) is 17.4. The Hall–Kier alpha value is -3.04. The standard InChI is InChI=1S/C17H14ClN3O3/c1-3-7-24-16-14(18)8-12(9-15(16)23-2)10-20-21-17(22)13-5-4-6-19-11-13/h1,4-6,8-11H,7H2,2H3,(H,21,22)/b20-10-. The van der Waals surface area contributed by atoms with E-state index in [9.17, 15) is 4.79 Å². The summed E-state index contributed by atoms with van der Waals surface area (Å²) in [7, 11) is 1.49. The van der Waals surface area contributed by atoms with Crippen molar-refractivity contribution in [2.45, 2.75) is 0 Å². The number of aromatic nitrogens is 1. The van der Waals surface area contributed by atoms with Crippen LogP contribution in [0.15, 0.2) is 41.8 Å². The molecule has 7 heteroatoms. The number of terminal acetylenes is 1. The number of carbonyl (C=O) groups is 1. The lowest BCUT2D eigenvalue weighted by Gasteiger charge is -2.11. The minimum absolute atomic E-state index is 0.0741. The SMILES string of the molecule is C#CCOc1c(Cl)cc(/C=N\NC(=O)c2cccnc2)cc1OC. The molecule has 0 aliphatic carbocycles. The lowest BCUT2D eigenvalue weighted by atomic mass is 10.2. The van der Waals surface area contributed by atoms with E-state index >= 15 is 0 Å². The number of benzene rings is 1. The van der Waals surface area contributed by atoms with E-state index in [-0.39, 0.29) is 12.5 Å². The van der Waals surface area contributed by atoms with E-state index < -0.39 is 0 Å². The molecule has 0 saturated carbocycles. The monoisotopic (exact) mass is 343 g/mol. The quantitative estimate of drug-likeness (QED) is 0.497. The van der Waals surface area contributed by atoms with Crippen molar-refractivity contribution in [3.63, 3.8) is 0 Å². The molecular formula is C17H14ClN3O3. The third-order valence-electron chi connectivity index (χ3n) is 2.86. The Bertz CT molecular complexity index is 786. The van der Waals surface area contributed by atoms with Crippen molar-refractivity contribution in [2.75, 3.05) is 13.7 Å². The molecule has 1 aromatic carbocycles. The maximum absolute atomic E-state index is 11.8. The summed E-state index contributed by atoms with van der Waals surface area (Å²) < 4.78 is 10.6. The first-order valence-corrected chi connectivity index (χ1v) is 7.20. The van der Waals surface area contributed by atoms with Gasteiger partial charge in [-0.05, 0) is 29.8 Å². The molecule has 0 spiro atoms. The van der Waals surface area contributed by atoms with E-state index in [1.807, 2.05) is 0 Å². The zero-order valence-corrected chi connectivity index (χ0v) is 13.6. The Kier molecular flexibility index (Phi) is 6.17. The van der Waals surface area contributed by atoms with Gasteiger partial charge in [0.05, 0.1) is 23.9 Å². The summed E-state index contributed by atoms with van der Waals surface area (Å²) in [4.78, 5) is 15.7. The molecule has 2 aromatic rings. The summed E-state index contributed by atoms with van der Waals surface area (Å²) in [6, 6.07) is 6.58. The van der Waals surface area contributed by atoms with Crippen LogP contribution in [0.2, 0.25) is 5.02 Å². The summed E-state index contributed by atoms with van der Waals surface area (Å²) in [5.41, 5.74) is 3.43. The number of amides is 1. The topological polar surface area (TPSA) is 72.8 Å². The summed E-state index contributed by atoms with van der Waals surface area (Å²) >= 11 is 6.16. The highest BCUT2D eigenvalue weighted by Gasteiger charge is 2.11. The molecule has 1 amide bonds. The Balaban J connectivity index is 2.11. The predicted molar refractivity (Wildman–Crippen MR) is 91.6 cm³/mol. The molecular weight excluding hydrogens is 330 g/mol. The minimum Gasteiger partial charge on any atom is -0.493 e. The fourth-order valence-electron chi connectivity index (χ4n) is 1.80. The van der Waals surface area contributed by atoms with Gasteiger partial charge in [-0.3, -0.25) is 9.78 Å². The van der Waals surface area contributed by atoms with Crippen LogP contribution in [-0.4, -0.2) is 30.8 Å². The summed E-state index contributed by atoms with van der Waals surface area (Å²) in [5.74, 6) is 2.76. The number of rotatable bonds is 6. The van der Waals surface area contributed by atoms with Gasteiger partial charge in [-0.1, -0.05) is 17.5 Å². The fraction of sp³-hybridized carbons (Fsp3) is 0.118. The number of carbonyl (C=O) groups excluding carboxylic acids is 1. The second-order valence-electron chi connectivity index (χ2n) is 4.47. The third-order valence-corrected chi connectivity index (χ3v) is 3.14. The lowest BCUT2D eigenvalue weighted by Crippen LogP contribution is -2.17. The highest BCUT2D eigenvalue weighted by molar-refractivity contribution is 6.32. The van der Waals surface area contributed by atoms with Crippen LogP contribution >= 0.6 is 11.6 Å². The van der Waals surface area contributed by atoms with E-state index in [2.05, 4.69) is 21.4 Å². The maximum atomic E-state index is 11.8. The van der Waals surface area contributed by atoms with Gasteiger partial charge in [-0.15, -0.1) is 6.42 Å². The highest BCUT2D eigenvalue weighted by atomic mass is 35.5. The normalized spacial score (nSPS) is 10.2. The molecule has 0 unspecified atom stereocenters. The summed E-state index contributed by atoms with van der Waals surface area (Å²) in [6.45, 7) is 0.0741. The number of hydrazone groups is 1. The molecule has 24 heavy (non-hydrogen) atoms. The lowest BCUT2D eigenvalue weighted by molar-refractivity contribution is 0.0955. The van der Waals surface area contributed by atoms with Gasteiger partial charge in [-0.25, -0.2) is 5.43 Å². The molecule has 0 aliphatic rings. The van der Waals surface area contributed by atoms with Gasteiger partial charge in [-0.2, -0.15) is 5.10 Å². The van der Waals surface area contributed by atoms with Crippen molar-refractivity contribution in [1.29, 1.82) is 0 Å². The second kappa shape index (κ2) is 8.56. The van der Waals surface area contributed by atoms with Gasteiger partial charge in [0.15, 0.2) is 11.5 Å². The number of ether oxygens (including phenoxy) is 2. The molecule has 1 aromatic heterocycles. The number of pyridine rings is 1. The number of nitrogens with one attached hydrogen (secondary N) is 1. The van der Waals surface area contributed by atoms with Crippen molar-refractivity contribution in [1.82, 2.24) is 10.4 Å². The zero-order valence-electron chi connectivity index (χ0n) is 12.8. The Morgan fingerprint density at radius 1 is 1.54 bits per heavy atom. The van der Waals surface area contributed by atoms with Crippen LogP contribution in [0.3, 0.4) is 0 Å². The van der Waals surface area contributed by atoms with Crippen LogP contribution in [0.25, 0.3) is 0 Å². The van der Waals surface area contributed by atoms with Gasteiger partial charge in [0.25, 0.3) is 5.91 Å². The van der Waals surface area contributed by atoms with Crippen LogP contribution in [0, 0.1) is 12.3 Å². The highest BCUT2D eigenvalue weighted by Crippen LogP contribution is 2.35. The number of hydrogen-bond acceptors (Lipinski definition) is 5. The molecule has 122 valence electrons. The fourth-order valence-corrected chi connectivity index (χ4v) is 2.07. The second-order valence-corrected chi connectivity index (χ2v) is 4.87. The average molecular weight is 344 g/mol. The molecule has 0 radical (unpaired) electrons. The molecule has 0 bridgehead atoms. The Morgan fingerprint density at radius 2 is 2.38 bits per heavy atom. The third kappa shape index (κ3) is 4.48. The van der Waals surface area contributed by atoms with Gasteiger partial charge < -0.3 is 9.47 Å². The number of hydrogen-bond donors (Lipinski definition) is 1. The van der Waals surface area contributed by atoms with Crippen LogP contribution in [-0.2, 0) is 0 Å². The molecule has 0 fully saturated rings. The van der Waals surface area contributed by atoms with Gasteiger partial charge >= 0.3 is 0 Å². The van der Waals surface area contributed by atoms with Crippen LogP contribution < -0.4 is 14.9 Å². The molecule has 0 aliphatic heterocycles. The van der Waals surface area contributed by atoms with E-state index in [1.54, 1.807) is 30.5 Å². The first-order chi connectivity index (χ1) is 11.7. The Morgan fingerprint density at radius 3 is 3.04 bits per heavy atom. The minimum atomic E-state index is -0.369. The van der Waals surface area contributed by atoms with Crippen molar-refractivity contribution < 1.29 is 14.3 Å². The molecule has 1 N–H and O–H groups in total. The van der Waals surface area contributed by atoms with Gasteiger partial charge in [0, 0.05) is 12.4 Å². The maximum Gasteiger partial charge on any atom is 0.272 e. The molecule has 0 atom stereocenters. The van der Waals surface area contributed by atoms with Gasteiger partial charge in [0.1, 0.15) is 6.61 Å². The summed E-state index contributed by atoms with van der Waals surface area (Å²) in [6.07, 6.45) is 9.63. The predicted octanol–water partition coefficient (Wildman–Crippen LogP) is 2.52. The van der Waals surface area contributed by atoms with Crippen LogP contribution in [0.4, 0.5) is 0 Å². The first-order valence-electron chi connectivity index (χ1n) is 6.83. The van der Waals surface area contributed by atoms with E-state index in [0.717, 1.165) is 0 Å². The first kappa shape index (κ1) is 17.3. The van der Waals surface area contributed by atoms with E-state index in [1.165, 1.54) is 19.5 Å². The smallest absolute Gasteiger partial charge is 0.272 e. The van der Waals surface area contributed by atoms with Crippen LogP contribution in [0.5, 0.6) is 11.5 Å². The van der Waals surface area contributed by atoms with Crippen molar-refractivity contribution >= 4 is 23.7 Å². The largest absolute Gasteiger partial charge is 0.493 e. The van der Waals surface area contributed by atoms with Crippen LogP contribution in [0.1, 0.15) is 15.9 Å². The number of halogens is 1. The molecule has 1 heterocycles. The van der Waals surface area contributed by atoms with Crippen molar-refractivity contribution in [3.05, 3.63) is 52.8 Å². The Labute approximate surface area is 144 Å². The molecule has 0 saturated heterocycles. The van der Waals surface area contributed by atoms with Crippen molar-refractivity contribution in [2.24, 2.45) is 5.10 Å².